The van der Waals surface area contributed by atoms with Crippen molar-refractivity contribution in [3.63, 3.8) is 0 Å². The van der Waals surface area contributed by atoms with E-state index >= 15 is 0 Å². The summed E-state index contributed by atoms with van der Waals surface area (Å²) in [7, 11) is 1.57. The van der Waals surface area contributed by atoms with Gasteiger partial charge < -0.3 is 15.0 Å². The van der Waals surface area contributed by atoms with Crippen LogP contribution in [0.4, 0.5) is 5.69 Å². The summed E-state index contributed by atoms with van der Waals surface area (Å²) in [6.45, 7) is 0. The number of nitrogens with zero attached hydrogens (tertiary/aromatic N) is 1. The van der Waals surface area contributed by atoms with Crippen LogP contribution in [0.25, 0.3) is 10.9 Å². The number of amides is 1. The van der Waals surface area contributed by atoms with E-state index in [1.807, 2.05) is 6.07 Å². The van der Waals surface area contributed by atoms with Crippen LogP contribution < -0.4 is 10.9 Å². The number of nitrogens with one attached hydrogen (secondary N) is 1. The number of hydrogen-bond donors (Lipinski definition) is 2. The standard InChI is InChI=1S/C17H14N2O3.Na/c1-19-13-10-6-5-9-12(13)15(20)14(17(19)22)16(21)18-11-7-3-2-4-8-11;/h2-10,20H,1H3,(H,18,21);. The molecule has 1 radical (unpaired) electrons. The van der Waals surface area contributed by atoms with Crippen LogP contribution in [0.15, 0.2) is 59.4 Å². The molecule has 6 heteroatoms. The number of fused-ring (bicyclic) bond motifs is 1. The summed E-state index contributed by atoms with van der Waals surface area (Å²) >= 11 is 0. The van der Waals surface area contributed by atoms with Crippen molar-refractivity contribution in [2.75, 3.05) is 5.32 Å². The first kappa shape index (κ1) is 17.3. The minimum Gasteiger partial charge on any atom is -0.506 e. The molecular weight excluding hydrogens is 303 g/mol. The molecule has 2 N–H and O–H groups in total. The molecule has 1 heterocycles. The monoisotopic (exact) mass is 317 g/mol. The fourth-order valence-electron chi connectivity index (χ4n) is 2.40. The van der Waals surface area contributed by atoms with E-state index in [0.717, 1.165) is 0 Å². The molecule has 0 unspecified atom stereocenters. The second-order valence-electron chi connectivity index (χ2n) is 4.93. The molecule has 0 bridgehead atoms. The van der Waals surface area contributed by atoms with Crippen molar-refractivity contribution in [1.82, 2.24) is 4.57 Å². The van der Waals surface area contributed by atoms with Crippen molar-refractivity contribution in [2.45, 2.75) is 0 Å². The molecule has 0 aliphatic rings. The first-order valence-corrected chi connectivity index (χ1v) is 6.76. The Bertz CT molecular complexity index is 920. The van der Waals surface area contributed by atoms with Gasteiger partial charge in [0.1, 0.15) is 11.3 Å². The predicted molar refractivity (Wildman–Crippen MR) is 91.0 cm³/mol. The maximum atomic E-state index is 12.4. The topological polar surface area (TPSA) is 71.3 Å². The van der Waals surface area contributed by atoms with Gasteiger partial charge in [0.25, 0.3) is 11.5 Å². The van der Waals surface area contributed by atoms with Crippen molar-refractivity contribution < 1.29 is 9.90 Å². The third kappa shape index (κ3) is 3.17. The number of aromatic hydroxyl groups is 1. The quantitative estimate of drug-likeness (QED) is 0.711. The molecule has 23 heavy (non-hydrogen) atoms. The van der Waals surface area contributed by atoms with Gasteiger partial charge in [-0.2, -0.15) is 0 Å². The zero-order valence-electron chi connectivity index (χ0n) is 12.9. The molecule has 0 aliphatic heterocycles. The van der Waals surface area contributed by atoms with Crippen LogP contribution >= 0.6 is 0 Å². The molecule has 0 atom stereocenters. The van der Waals surface area contributed by atoms with Crippen LogP contribution in [0.1, 0.15) is 10.4 Å². The van der Waals surface area contributed by atoms with Gasteiger partial charge >= 0.3 is 0 Å². The summed E-state index contributed by atoms with van der Waals surface area (Å²) in [4.78, 5) is 24.7. The third-order valence-corrected chi connectivity index (χ3v) is 3.53. The van der Waals surface area contributed by atoms with Crippen LogP contribution in [-0.2, 0) is 7.05 Å². The van der Waals surface area contributed by atoms with Crippen molar-refractivity contribution in [3.8, 4) is 5.75 Å². The largest absolute Gasteiger partial charge is 0.506 e. The van der Waals surface area contributed by atoms with Gasteiger partial charge in [-0.3, -0.25) is 9.59 Å². The van der Waals surface area contributed by atoms with E-state index in [1.54, 1.807) is 55.6 Å². The predicted octanol–water partition coefficient (Wildman–Crippen LogP) is 2.12. The fourth-order valence-corrected chi connectivity index (χ4v) is 2.40. The zero-order valence-corrected chi connectivity index (χ0v) is 14.9. The van der Waals surface area contributed by atoms with Crippen molar-refractivity contribution in [1.29, 1.82) is 0 Å². The van der Waals surface area contributed by atoms with E-state index in [2.05, 4.69) is 5.32 Å². The molecule has 0 saturated carbocycles. The molecule has 0 saturated heterocycles. The van der Waals surface area contributed by atoms with Crippen molar-refractivity contribution >= 4 is 52.1 Å². The van der Waals surface area contributed by atoms with Crippen molar-refractivity contribution in [2.24, 2.45) is 7.05 Å². The van der Waals surface area contributed by atoms with Gasteiger partial charge in [-0.25, -0.2) is 0 Å². The van der Waals surface area contributed by atoms with Crippen LogP contribution in [0.5, 0.6) is 5.75 Å². The van der Waals surface area contributed by atoms with Gasteiger partial charge in [0.05, 0.1) is 5.52 Å². The molecule has 1 aromatic heterocycles. The first-order chi connectivity index (χ1) is 10.6. The van der Waals surface area contributed by atoms with Gasteiger partial charge in [0, 0.05) is 47.7 Å². The van der Waals surface area contributed by atoms with Gasteiger partial charge in [0.15, 0.2) is 0 Å². The number of carbonyl (C=O) groups is 1. The average Bonchev–Trinajstić information content (AvgIpc) is 2.54. The van der Waals surface area contributed by atoms with Crippen LogP contribution in [-0.4, -0.2) is 45.1 Å². The van der Waals surface area contributed by atoms with Gasteiger partial charge in [-0.15, -0.1) is 0 Å². The number of hydrogen-bond acceptors (Lipinski definition) is 3. The maximum absolute atomic E-state index is 12.4. The number of aromatic nitrogens is 1. The van der Waals surface area contributed by atoms with Crippen LogP contribution in [0.2, 0.25) is 0 Å². The number of pyridine rings is 1. The number of para-hydroxylation sites is 2. The molecule has 5 nitrogen and oxygen atoms in total. The smallest absolute Gasteiger partial charge is 0.267 e. The molecule has 111 valence electrons. The van der Waals surface area contributed by atoms with Gasteiger partial charge in [-0.1, -0.05) is 30.3 Å². The number of rotatable bonds is 2. The minimum absolute atomic E-state index is 0. The fraction of sp³-hybridized carbons (Fsp3) is 0.0588. The number of benzene rings is 2. The van der Waals surface area contributed by atoms with Crippen LogP contribution in [0, 0.1) is 0 Å². The number of carbonyl (C=O) groups excluding carboxylic acids is 1. The molecule has 0 fully saturated rings. The van der Waals surface area contributed by atoms with Gasteiger partial charge in [0.2, 0.25) is 0 Å². The normalized spacial score (nSPS) is 10.1. The Morgan fingerprint density at radius 1 is 1.04 bits per heavy atom. The first-order valence-electron chi connectivity index (χ1n) is 6.76. The second kappa shape index (κ2) is 7.00. The Labute approximate surface area is 154 Å². The Hall–Kier alpha value is -2.08. The van der Waals surface area contributed by atoms with E-state index in [0.29, 0.717) is 16.6 Å². The number of anilines is 1. The Morgan fingerprint density at radius 2 is 1.65 bits per heavy atom. The Balaban J connectivity index is 0.00000192. The third-order valence-electron chi connectivity index (χ3n) is 3.53. The summed E-state index contributed by atoms with van der Waals surface area (Å²) in [6, 6.07) is 15.7. The van der Waals surface area contributed by atoms with E-state index in [4.69, 9.17) is 0 Å². The summed E-state index contributed by atoms with van der Waals surface area (Å²) in [5, 5.41) is 13.4. The zero-order chi connectivity index (χ0) is 15.7. The molecule has 1 amide bonds. The summed E-state index contributed by atoms with van der Waals surface area (Å²) in [5.74, 6) is -0.929. The summed E-state index contributed by atoms with van der Waals surface area (Å²) in [6.07, 6.45) is 0. The summed E-state index contributed by atoms with van der Waals surface area (Å²) < 4.78 is 1.36. The Kier molecular flexibility index (Phi) is 5.26. The van der Waals surface area contributed by atoms with Gasteiger partial charge in [-0.05, 0) is 24.3 Å². The molecular formula is C17H14N2NaO3. The second-order valence-corrected chi connectivity index (χ2v) is 4.93. The number of aryl methyl sites for hydroxylation is 1. The molecule has 0 aliphatic carbocycles. The maximum Gasteiger partial charge on any atom is 0.267 e. The van der Waals surface area contributed by atoms with E-state index < -0.39 is 11.5 Å². The van der Waals surface area contributed by atoms with Crippen LogP contribution in [0.3, 0.4) is 0 Å². The van der Waals surface area contributed by atoms with Crippen molar-refractivity contribution in [3.05, 3.63) is 70.5 Å². The molecule has 3 rings (SSSR count). The molecule has 2 aromatic carbocycles. The Morgan fingerprint density at radius 3 is 2.35 bits per heavy atom. The minimum atomic E-state index is -0.630. The summed E-state index contributed by atoms with van der Waals surface area (Å²) in [5.41, 5.74) is 0.332. The molecule has 3 aromatic rings. The average molecular weight is 317 g/mol. The van der Waals surface area contributed by atoms with E-state index in [1.165, 1.54) is 4.57 Å². The van der Waals surface area contributed by atoms with E-state index in [-0.39, 0.29) is 40.9 Å². The SMILES string of the molecule is Cn1c(=O)c(C(=O)Nc2ccccc2)c(O)c2ccccc21.[Na]. The molecule has 0 spiro atoms. The van der Waals surface area contributed by atoms with E-state index in [9.17, 15) is 14.7 Å².